The van der Waals surface area contributed by atoms with Gasteiger partial charge in [-0.15, -0.1) is 0 Å². The van der Waals surface area contributed by atoms with Gasteiger partial charge >= 0.3 is 6.18 Å². The van der Waals surface area contributed by atoms with Crippen molar-refractivity contribution in [2.24, 2.45) is 0 Å². The summed E-state index contributed by atoms with van der Waals surface area (Å²) in [4.78, 5) is 27.7. The predicted octanol–water partition coefficient (Wildman–Crippen LogP) is 7.57. The first kappa shape index (κ1) is 27.9. The van der Waals surface area contributed by atoms with Crippen molar-refractivity contribution in [3.63, 3.8) is 0 Å². The fourth-order valence-corrected chi connectivity index (χ4v) is 5.86. The SMILES string of the molecule is CC(=O)c1ccccc1-c1ccc(C(NC(=O)c2cccc(C(F)(F)F)c2Cl)C2(N(C)C)CCCC2)cc1. The molecule has 1 aliphatic carbocycles. The number of benzene rings is 3. The van der Waals surface area contributed by atoms with Crippen LogP contribution in [0.3, 0.4) is 0 Å². The van der Waals surface area contributed by atoms with Gasteiger partial charge in [0.05, 0.1) is 22.2 Å². The molecule has 0 spiro atoms. The van der Waals surface area contributed by atoms with E-state index in [9.17, 15) is 22.8 Å². The maximum Gasteiger partial charge on any atom is 0.417 e. The number of hydrogen-bond acceptors (Lipinski definition) is 3. The van der Waals surface area contributed by atoms with Crippen molar-refractivity contribution in [1.29, 1.82) is 0 Å². The maximum absolute atomic E-state index is 13.4. The van der Waals surface area contributed by atoms with E-state index in [1.54, 1.807) is 6.07 Å². The van der Waals surface area contributed by atoms with Crippen LogP contribution in [-0.4, -0.2) is 36.2 Å². The highest BCUT2D eigenvalue weighted by Crippen LogP contribution is 2.44. The van der Waals surface area contributed by atoms with Gasteiger partial charge in [-0.2, -0.15) is 13.2 Å². The molecule has 8 heteroatoms. The smallest absolute Gasteiger partial charge is 0.343 e. The Balaban J connectivity index is 1.75. The third-order valence-corrected chi connectivity index (χ3v) is 7.99. The number of Topliss-reactive ketones (excluding diaryl/α,β-unsaturated/α-hetero) is 1. The Morgan fingerprint density at radius 2 is 1.53 bits per heavy atom. The first-order valence-electron chi connectivity index (χ1n) is 12.5. The van der Waals surface area contributed by atoms with Crippen molar-refractivity contribution < 1.29 is 22.8 Å². The van der Waals surface area contributed by atoms with Gasteiger partial charge in [0.15, 0.2) is 5.78 Å². The topological polar surface area (TPSA) is 49.4 Å². The zero-order valence-corrected chi connectivity index (χ0v) is 22.3. The second-order valence-electron chi connectivity index (χ2n) is 10.0. The molecule has 3 aromatic carbocycles. The van der Waals surface area contributed by atoms with E-state index in [0.717, 1.165) is 48.4 Å². The minimum absolute atomic E-state index is 0.0368. The molecule has 0 aliphatic heterocycles. The minimum atomic E-state index is -4.67. The highest BCUT2D eigenvalue weighted by atomic mass is 35.5. The Morgan fingerprint density at radius 1 is 0.921 bits per heavy atom. The van der Waals surface area contributed by atoms with Gasteiger partial charge in [-0.3, -0.25) is 9.59 Å². The standard InChI is InChI=1S/C30H30ClF3N2O2/c1-19(37)22-9-4-5-10-23(22)20-13-15-21(16-14-20)27(29(36(2)3)17-6-7-18-29)35-28(38)24-11-8-12-25(26(24)31)30(32,33)34/h4-5,8-16,27H,6-7,17-18H2,1-3H3,(H,35,38). The van der Waals surface area contributed by atoms with Crippen LogP contribution >= 0.6 is 11.6 Å². The zero-order valence-electron chi connectivity index (χ0n) is 21.5. The van der Waals surface area contributed by atoms with E-state index in [2.05, 4.69) is 10.2 Å². The lowest BCUT2D eigenvalue weighted by atomic mass is 9.81. The molecule has 1 saturated carbocycles. The Labute approximate surface area is 225 Å². The van der Waals surface area contributed by atoms with E-state index in [0.29, 0.717) is 5.56 Å². The number of carbonyl (C=O) groups is 2. The molecule has 0 bridgehead atoms. The maximum atomic E-state index is 13.4. The summed E-state index contributed by atoms with van der Waals surface area (Å²) < 4.78 is 40.3. The summed E-state index contributed by atoms with van der Waals surface area (Å²) in [7, 11) is 3.92. The van der Waals surface area contributed by atoms with Crippen LogP contribution < -0.4 is 5.32 Å². The summed E-state index contributed by atoms with van der Waals surface area (Å²) in [6.45, 7) is 1.53. The van der Waals surface area contributed by atoms with Gasteiger partial charge in [0.25, 0.3) is 5.91 Å². The average molecular weight is 543 g/mol. The minimum Gasteiger partial charge on any atom is -0.343 e. The fourth-order valence-electron chi connectivity index (χ4n) is 5.54. The van der Waals surface area contributed by atoms with Crippen LogP contribution in [0.25, 0.3) is 11.1 Å². The number of likely N-dealkylation sites (N-methyl/N-ethyl adjacent to an activating group) is 1. The monoisotopic (exact) mass is 542 g/mol. The highest BCUT2D eigenvalue weighted by Gasteiger charge is 2.45. The highest BCUT2D eigenvalue weighted by molar-refractivity contribution is 6.34. The first-order valence-corrected chi connectivity index (χ1v) is 12.9. The molecule has 1 fully saturated rings. The summed E-state index contributed by atoms with van der Waals surface area (Å²) in [5.41, 5.74) is 1.42. The molecule has 1 aliphatic rings. The molecule has 4 nitrogen and oxygen atoms in total. The lowest BCUT2D eigenvalue weighted by molar-refractivity contribution is -0.137. The van der Waals surface area contributed by atoms with Gasteiger partial charge in [0.2, 0.25) is 0 Å². The summed E-state index contributed by atoms with van der Waals surface area (Å²) in [6, 6.07) is 17.9. The molecule has 1 amide bonds. The molecular weight excluding hydrogens is 513 g/mol. The summed E-state index contributed by atoms with van der Waals surface area (Å²) in [5, 5.41) is 2.42. The third-order valence-electron chi connectivity index (χ3n) is 7.58. The van der Waals surface area contributed by atoms with Crippen LogP contribution in [0.5, 0.6) is 0 Å². The van der Waals surface area contributed by atoms with Crippen LogP contribution in [-0.2, 0) is 6.18 Å². The second-order valence-corrected chi connectivity index (χ2v) is 10.4. The number of hydrogen-bond donors (Lipinski definition) is 1. The van der Waals surface area contributed by atoms with E-state index in [-0.39, 0.29) is 11.3 Å². The molecule has 200 valence electrons. The zero-order chi connectivity index (χ0) is 27.7. The van der Waals surface area contributed by atoms with Crippen molar-refractivity contribution in [1.82, 2.24) is 10.2 Å². The molecule has 4 rings (SSSR count). The molecule has 0 aromatic heterocycles. The molecule has 0 heterocycles. The van der Waals surface area contributed by atoms with E-state index >= 15 is 0 Å². The Morgan fingerprint density at radius 3 is 2.11 bits per heavy atom. The number of amides is 1. The number of nitrogens with one attached hydrogen (secondary N) is 1. The molecule has 38 heavy (non-hydrogen) atoms. The van der Waals surface area contributed by atoms with Gasteiger partial charge in [-0.05, 0) is 62.7 Å². The van der Waals surface area contributed by atoms with E-state index in [1.807, 2.05) is 56.6 Å². The summed E-state index contributed by atoms with van der Waals surface area (Å²) in [5.74, 6) is -0.699. The van der Waals surface area contributed by atoms with Crippen molar-refractivity contribution in [3.8, 4) is 11.1 Å². The fraction of sp³-hybridized carbons (Fsp3) is 0.333. The van der Waals surface area contributed by atoms with E-state index in [4.69, 9.17) is 11.6 Å². The molecule has 0 radical (unpaired) electrons. The van der Waals surface area contributed by atoms with Crippen molar-refractivity contribution in [2.45, 2.75) is 50.4 Å². The summed E-state index contributed by atoms with van der Waals surface area (Å²) >= 11 is 6.08. The first-order chi connectivity index (χ1) is 18.0. The Hall–Kier alpha value is -3.16. The van der Waals surface area contributed by atoms with Crippen molar-refractivity contribution >= 4 is 23.3 Å². The molecular formula is C30H30ClF3N2O2. The lowest BCUT2D eigenvalue weighted by Crippen LogP contribution is -2.53. The Kier molecular flexibility index (Phi) is 8.00. The number of ketones is 1. The second kappa shape index (κ2) is 10.9. The van der Waals surface area contributed by atoms with Crippen LogP contribution in [0.2, 0.25) is 5.02 Å². The number of alkyl halides is 3. The number of carbonyl (C=O) groups excluding carboxylic acids is 2. The Bertz CT molecular complexity index is 1330. The van der Waals surface area contributed by atoms with E-state index in [1.165, 1.54) is 19.1 Å². The number of rotatable bonds is 7. The van der Waals surface area contributed by atoms with Gasteiger partial charge in [0, 0.05) is 11.1 Å². The predicted molar refractivity (Wildman–Crippen MR) is 143 cm³/mol. The average Bonchev–Trinajstić information content (AvgIpc) is 3.38. The normalized spacial score (nSPS) is 15.9. The number of halogens is 4. The van der Waals surface area contributed by atoms with Gasteiger partial charge < -0.3 is 10.2 Å². The van der Waals surface area contributed by atoms with E-state index < -0.39 is 34.3 Å². The van der Waals surface area contributed by atoms with Crippen molar-refractivity contribution in [3.05, 3.63) is 94.0 Å². The van der Waals surface area contributed by atoms with Gasteiger partial charge in [-0.1, -0.05) is 79.0 Å². The molecule has 1 atom stereocenters. The molecule has 1 unspecified atom stereocenters. The quantitative estimate of drug-likeness (QED) is 0.313. The van der Waals surface area contributed by atoms with Crippen LogP contribution in [0.4, 0.5) is 13.2 Å². The van der Waals surface area contributed by atoms with Crippen LogP contribution in [0.1, 0.15) is 70.5 Å². The molecule has 3 aromatic rings. The lowest BCUT2D eigenvalue weighted by Gasteiger charge is -2.44. The van der Waals surface area contributed by atoms with Gasteiger partial charge in [0.1, 0.15) is 0 Å². The van der Waals surface area contributed by atoms with Crippen LogP contribution in [0, 0.1) is 0 Å². The molecule has 0 saturated heterocycles. The van der Waals surface area contributed by atoms with Crippen molar-refractivity contribution in [2.75, 3.05) is 14.1 Å². The van der Waals surface area contributed by atoms with Crippen LogP contribution in [0.15, 0.2) is 66.7 Å². The third kappa shape index (κ3) is 5.36. The van der Waals surface area contributed by atoms with Gasteiger partial charge in [-0.25, -0.2) is 0 Å². The largest absolute Gasteiger partial charge is 0.417 e. The number of nitrogens with zero attached hydrogens (tertiary/aromatic N) is 1. The molecule has 1 N–H and O–H groups in total. The summed E-state index contributed by atoms with van der Waals surface area (Å²) in [6.07, 6.45) is -1.10.